The van der Waals surface area contributed by atoms with E-state index < -0.39 is 5.60 Å². The highest BCUT2D eigenvalue weighted by molar-refractivity contribution is 4.63. The molecule has 46 valence electrons. The highest BCUT2D eigenvalue weighted by Crippen LogP contribution is 1.93. The fraction of sp³-hybridized carbons (Fsp3) is 1.00. The van der Waals surface area contributed by atoms with Crippen molar-refractivity contribution in [3.63, 3.8) is 0 Å². The number of aliphatic hydroxyl groups is 1. The van der Waals surface area contributed by atoms with Gasteiger partial charge in [0.05, 0.1) is 5.60 Å². The Morgan fingerprint density at radius 2 is 1.71 bits per heavy atom. The van der Waals surface area contributed by atoms with E-state index in [0.717, 1.165) is 0 Å². The summed E-state index contributed by atoms with van der Waals surface area (Å²) in [6.45, 7) is 3.67. The van der Waals surface area contributed by atoms with Crippen molar-refractivity contribution >= 4 is 0 Å². The van der Waals surface area contributed by atoms with Crippen molar-refractivity contribution in [1.29, 1.82) is 0 Å². The second kappa shape index (κ2) is 2.99. The van der Waals surface area contributed by atoms with Crippen LogP contribution in [0.25, 0.3) is 0 Å². The third kappa shape index (κ3) is 10.7. The van der Waals surface area contributed by atoms with Crippen LogP contribution >= 0.6 is 0 Å². The molecule has 0 saturated heterocycles. The van der Waals surface area contributed by atoms with Crippen LogP contribution in [0.15, 0.2) is 0 Å². The molecule has 0 aliphatic rings. The van der Waals surface area contributed by atoms with Crippen LogP contribution in [0.2, 0.25) is 0 Å². The molecule has 0 fully saturated rings. The third-order valence-electron chi connectivity index (χ3n) is 0.500. The van der Waals surface area contributed by atoms with Crippen LogP contribution < -0.4 is 5.73 Å². The molecule has 0 aromatic carbocycles. The Kier molecular flexibility index (Phi) is 4.28. The van der Waals surface area contributed by atoms with E-state index in [1.54, 1.807) is 13.8 Å². The van der Waals surface area contributed by atoms with E-state index >= 15 is 0 Å². The Bertz CT molecular complexity index is 37.8. The summed E-state index contributed by atoms with van der Waals surface area (Å²) in [5.74, 6) is 0. The number of hydrogen-bond acceptors (Lipinski definition) is 2. The molecule has 0 rings (SSSR count). The van der Waals surface area contributed by atoms with Gasteiger partial charge in [0.1, 0.15) is 0 Å². The second-order valence-electron chi connectivity index (χ2n) is 2.02. The van der Waals surface area contributed by atoms with Gasteiger partial charge in [-0.3, -0.25) is 0 Å². The summed E-state index contributed by atoms with van der Waals surface area (Å²) in [6, 6.07) is 0. The second-order valence-corrected chi connectivity index (χ2v) is 2.02. The third-order valence-corrected chi connectivity index (χ3v) is 0.500. The van der Waals surface area contributed by atoms with Gasteiger partial charge in [0.25, 0.3) is 0 Å². The molecule has 0 atom stereocenters. The standard InChI is InChI=1S/C4H11NO.CH4/c1-4(2,6)3-5;/h6H,3,5H2,1-2H3;1H4. The van der Waals surface area contributed by atoms with Crippen molar-refractivity contribution in [3.05, 3.63) is 0 Å². The van der Waals surface area contributed by atoms with E-state index in [1.165, 1.54) is 0 Å². The quantitative estimate of drug-likeness (QED) is 0.505. The Morgan fingerprint density at radius 3 is 1.71 bits per heavy atom. The lowest BCUT2D eigenvalue weighted by molar-refractivity contribution is 0.0898. The van der Waals surface area contributed by atoms with Gasteiger partial charge < -0.3 is 10.8 Å². The van der Waals surface area contributed by atoms with Crippen molar-refractivity contribution in [2.75, 3.05) is 6.54 Å². The Hall–Kier alpha value is -0.0800. The molecule has 7 heavy (non-hydrogen) atoms. The van der Waals surface area contributed by atoms with Gasteiger partial charge in [-0.05, 0) is 13.8 Å². The summed E-state index contributed by atoms with van der Waals surface area (Å²) in [6.07, 6.45) is 0. The Balaban J connectivity index is 0. The van der Waals surface area contributed by atoms with Gasteiger partial charge >= 0.3 is 0 Å². The van der Waals surface area contributed by atoms with Crippen LogP contribution in [0, 0.1) is 0 Å². The molecule has 0 radical (unpaired) electrons. The highest BCUT2D eigenvalue weighted by Gasteiger charge is 2.06. The fourth-order valence-electron chi connectivity index (χ4n) is 0. The lowest BCUT2D eigenvalue weighted by Gasteiger charge is -2.11. The molecule has 3 N–H and O–H groups in total. The Labute approximate surface area is 45.3 Å². The van der Waals surface area contributed by atoms with Crippen LogP contribution in [-0.2, 0) is 0 Å². The van der Waals surface area contributed by atoms with Crippen LogP contribution in [0.1, 0.15) is 21.3 Å². The predicted molar refractivity (Wildman–Crippen MR) is 32.1 cm³/mol. The van der Waals surface area contributed by atoms with Gasteiger partial charge in [-0.15, -0.1) is 0 Å². The lowest BCUT2D eigenvalue weighted by Crippen LogP contribution is -2.29. The predicted octanol–water partition coefficient (Wildman–Crippen LogP) is 0.352. The van der Waals surface area contributed by atoms with Crippen molar-refractivity contribution in [1.82, 2.24) is 0 Å². The van der Waals surface area contributed by atoms with Gasteiger partial charge in [0.15, 0.2) is 0 Å². The normalized spacial score (nSPS) is 10.3. The highest BCUT2D eigenvalue weighted by atomic mass is 16.3. The zero-order valence-corrected chi connectivity index (χ0v) is 4.23. The maximum Gasteiger partial charge on any atom is 0.0713 e. The first-order chi connectivity index (χ1) is 2.56. The van der Waals surface area contributed by atoms with Crippen LogP contribution in [-0.4, -0.2) is 17.3 Å². The van der Waals surface area contributed by atoms with E-state index in [1.807, 2.05) is 0 Å². The average Bonchev–Trinajstić information content (AvgIpc) is 1.35. The molecular weight excluding hydrogens is 90.1 g/mol. The number of nitrogens with two attached hydrogens (primary N) is 1. The molecule has 0 aromatic rings. The summed E-state index contributed by atoms with van der Waals surface area (Å²) in [4.78, 5) is 0. The van der Waals surface area contributed by atoms with Crippen molar-refractivity contribution < 1.29 is 5.11 Å². The molecule has 0 unspecified atom stereocenters. The SMILES string of the molecule is C.CC(C)(O)CN. The average molecular weight is 105 g/mol. The summed E-state index contributed by atoms with van der Waals surface area (Å²) in [5.41, 5.74) is 4.38. The summed E-state index contributed by atoms with van der Waals surface area (Å²) < 4.78 is 0. The van der Waals surface area contributed by atoms with Crippen LogP contribution in [0.5, 0.6) is 0 Å². The largest absolute Gasteiger partial charge is 0.389 e. The summed E-state index contributed by atoms with van der Waals surface area (Å²) >= 11 is 0. The maximum atomic E-state index is 8.70. The molecule has 0 aromatic heterocycles. The van der Waals surface area contributed by atoms with E-state index in [-0.39, 0.29) is 7.43 Å². The van der Waals surface area contributed by atoms with Gasteiger partial charge in [0, 0.05) is 6.54 Å². The minimum atomic E-state index is -0.681. The van der Waals surface area contributed by atoms with Gasteiger partial charge in [-0.2, -0.15) is 0 Å². The molecule has 0 saturated carbocycles. The lowest BCUT2D eigenvalue weighted by atomic mass is 10.1. The first kappa shape index (κ1) is 10.0. The summed E-state index contributed by atoms with van der Waals surface area (Å²) in [5, 5.41) is 8.70. The van der Waals surface area contributed by atoms with E-state index in [9.17, 15) is 0 Å². The summed E-state index contributed by atoms with van der Waals surface area (Å²) in [7, 11) is 0. The monoisotopic (exact) mass is 105 g/mol. The minimum absolute atomic E-state index is 0. The molecule has 0 bridgehead atoms. The molecule has 2 heteroatoms. The molecule has 2 nitrogen and oxygen atoms in total. The topological polar surface area (TPSA) is 46.2 Å². The first-order valence-electron chi connectivity index (χ1n) is 1.99. The van der Waals surface area contributed by atoms with E-state index in [0.29, 0.717) is 6.54 Å². The molecule has 0 heterocycles. The molecular formula is C5H15NO. The van der Waals surface area contributed by atoms with E-state index in [4.69, 9.17) is 10.8 Å². The maximum absolute atomic E-state index is 8.70. The molecule has 0 aliphatic carbocycles. The molecule has 0 spiro atoms. The first-order valence-corrected chi connectivity index (χ1v) is 1.99. The van der Waals surface area contributed by atoms with E-state index in [2.05, 4.69) is 0 Å². The minimum Gasteiger partial charge on any atom is -0.389 e. The zero-order chi connectivity index (χ0) is 5.21. The number of rotatable bonds is 1. The Morgan fingerprint density at radius 1 is 1.57 bits per heavy atom. The molecule has 0 amide bonds. The van der Waals surface area contributed by atoms with Crippen molar-refractivity contribution in [3.8, 4) is 0 Å². The fourth-order valence-corrected chi connectivity index (χ4v) is 0. The van der Waals surface area contributed by atoms with Crippen molar-refractivity contribution in [2.45, 2.75) is 26.9 Å². The number of hydrogen-bond donors (Lipinski definition) is 2. The smallest absolute Gasteiger partial charge is 0.0713 e. The molecule has 0 aliphatic heterocycles. The van der Waals surface area contributed by atoms with Gasteiger partial charge in [-0.25, -0.2) is 0 Å². The van der Waals surface area contributed by atoms with Crippen LogP contribution in [0.3, 0.4) is 0 Å². The van der Waals surface area contributed by atoms with Gasteiger partial charge in [-0.1, -0.05) is 7.43 Å². The van der Waals surface area contributed by atoms with Gasteiger partial charge in [0.2, 0.25) is 0 Å². The zero-order valence-electron chi connectivity index (χ0n) is 4.23. The van der Waals surface area contributed by atoms with Crippen molar-refractivity contribution in [2.24, 2.45) is 5.73 Å². The van der Waals surface area contributed by atoms with Crippen LogP contribution in [0.4, 0.5) is 0 Å².